The van der Waals surface area contributed by atoms with E-state index in [0.717, 1.165) is 18.0 Å². The topological polar surface area (TPSA) is 104 Å². The third-order valence-electron chi connectivity index (χ3n) is 2.22. The van der Waals surface area contributed by atoms with E-state index in [1.807, 2.05) is 12.1 Å². The number of ether oxygens (including phenoxy) is 1. The lowest BCUT2D eigenvalue weighted by Crippen LogP contribution is -2.00. The summed E-state index contributed by atoms with van der Waals surface area (Å²) in [7, 11) is 0. The SMILES string of the molecule is NCc1ccccc1Oc1ncc([N+](=O)[O-])cn1. The van der Waals surface area contributed by atoms with Crippen LogP contribution in [-0.2, 0) is 6.54 Å². The van der Waals surface area contributed by atoms with Crippen LogP contribution in [0.2, 0.25) is 0 Å². The maximum absolute atomic E-state index is 10.4. The van der Waals surface area contributed by atoms with Gasteiger partial charge in [0.25, 0.3) is 0 Å². The lowest BCUT2D eigenvalue weighted by Gasteiger charge is -2.07. The third kappa shape index (κ3) is 2.58. The van der Waals surface area contributed by atoms with E-state index in [1.54, 1.807) is 12.1 Å². The van der Waals surface area contributed by atoms with Crippen LogP contribution in [0.15, 0.2) is 36.7 Å². The van der Waals surface area contributed by atoms with Gasteiger partial charge in [-0.1, -0.05) is 18.2 Å². The predicted molar refractivity (Wildman–Crippen MR) is 63.1 cm³/mol. The Hall–Kier alpha value is -2.54. The van der Waals surface area contributed by atoms with Gasteiger partial charge in [-0.3, -0.25) is 10.1 Å². The highest BCUT2D eigenvalue weighted by Crippen LogP contribution is 2.22. The number of aromatic nitrogens is 2. The molecule has 0 saturated heterocycles. The molecule has 2 rings (SSSR count). The van der Waals surface area contributed by atoms with Crippen molar-refractivity contribution in [2.24, 2.45) is 5.73 Å². The number of hydrogen-bond donors (Lipinski definition) is 1. The fourth-order valence-electron chi connectivity index (χ4n) is 1.33. The molecule has 0 atom stereocenters. The van der Waals surface area contributed by atoms with E-state index in [0.29, 0.717) is 12.3 Å². The fraction of sp³-hybridized carbons (Fsp3) is 0.0909. The van der Waals surface area contributed by atoms with Crippen molar-refractivity contribution >= 4 is 5.69 Å². The Bertz CT molecular complexity index is 556. The summed E-state index contributed by atoms with van der Waals surface area (Å²) in [6.07, 6.45) is 2.18. The number of nitrogens with zero attached hydrogens (tertiary/aromatic N) is 3. The number of rotatable bonds is 4. The lowest BCUT2D eigenvalue weighted by molar-refractivity contribution is -0.385. The summed E-state index contributed by atoms with van der Waals surface area (Å²) < 4.78 is 5.41. The van der Waals surface area contributed by atoms with E-state index in [1.165, 1.54) is 0 Å². The molecule has 2 aromatic rings. The van der Waals surface area contributed by atoms with Gasteiger partial charge in [-0.15, -0.1) is 0 Å². The van der Waals surface area contributed by atoms with Gasteiger partial charge in [-0.05, 0) is 6.07 Å². The molecule has 0 amide bonds. The van der Waals surface area contributed by atoms with Gasteiger partial charge in [0.15, 0.2) is 0 Å². The minimum absolute atomic E-state index is 0.0431. The second-order valence-electron chi connectivity index (χ2n) is 3.39. The molecular weight excluding hydrogens is 236 g/mol. The van der Waals surface area contributed by atoms with E-state index < -0.39 is 4.92 Å². The summed E-state index contributed by atoms with van der Waals surface area (Å²) in [6, 6.07) is 7.22. The molecular formula is C11H10N4O3. The minimum Gasteiger partial charge on any atom is -0.424 e. The molecule has 18 heavy (non-hydrogen) atoms. The average Bonchev–Trinajstić information content (AvgIpc) is 2.40. The summed E-state index contributed by atoms with van der Waals surface area (Å²) in [5.41, 5.74) is 6.18. The van der Waals surface area contributed by atoms with Gasteiger partial charge in [0, 0.05) is 12.1 Å². The quantitative estimate of drug-likeness (QED) is 0.649. The van der Waals surface area contributed by atoms with Crippen LogP contribution in [0.25, 0.3) is 0 Å². The Morgan fingerprint density at radius 3 is 2.56 bits per heavy atom. The molecule has 0 radical (unpaired) electrons. The van der Waals surface area contributed by atoms with Gasteiger partial charge < -0.3 is 10.5 Å². The summed E-state index contributed by atoms with van der Waals surface area (Å²) >= 11 is 0. The zero-order valence-corrected chi connectivity index (χ0v) is 9.31. The Kier molecular flexibility index (Phi) is 3.44. The highest BCUT2D eigenvalue weighted by molar-refractivity contribution is 5.35. The van der Waals surface area contributed by atoms with Crippen LogP contribution < -0.4 is 10.5 Å². The molecule has 0 saturated carbocycles. The van der Waals surface area contributed by atoms with Crippen LogP contribution in [0.3, 0.4) is 0 Å². The molecule has 0 fully saturated rings. The molecule has 0 aliphatic rings. The maximum Gasteiger partial charge on any atom is 0.322 e. The van der Waals surface area contributed by atoms with E-state index in [-0.39, 0.29) is 11.7 Å². The van der Waals surface area contributed by atoms with Crippen molar-refractivity contribution in [3.8, 4) is 11.8 Å². The first kappa shape index (κ1) is 11.9. The van der Waals surface area contributed by atoms with Crippen LogP contribution in [0, 0.1) is 10.1 Å². The van der Waals surface area contributed by atoms with E-state index in [2.05, 4.69) is 9.97 Å². The van der Waals surface area contributed by atoms with Gasteiger partial charge in [-0.25, -0.2) is 0 Å². The molecule has 0 aliphatic carbocycles. The molecule has 0 unspecified atom stereocenters. The number of benzene rings is 1. The van der Waals surface area contributed by atoms with Crippen LogP contribution in [-0.4, -0.2) is 14.9 Å². The molecule has 2 N–H and O–H groups in total. The summed E-state index contributed by atoms with van der Waals surface area (Å²) in [4.78, 5) is 17.4. The van der Waals surface area contributed by atoms with Crippen molar-refractivity contribution in [3.05, 3.63) is 52.3 Å². The zero-order valence-electron chi connectivity index (χ0n) is 9.31. The minimum atomic E-state index is -0.572. The van der Waals surface area contributed by atoms with Crippen molar-refractivity contribution in [1.29, 1.82) is 0 Å². The Morgan fingerprint density at radius 1 is 1.28 bits per heavy atom. The van der Waals surface area contributed by atoms with Gasteiger partial charge in [0.05, 0.1) is 4.92 Å². The second-order valence-corrected chi connectivity index (χ2v) is 3.39. The van der Waals surface area contributed by atoms with E-state index in [9.17, 15) is 10.1 Å². The van der Waals surface area contributed by atoms with Crippen LogP contribution in [0.4, 0.5) is 5.69 Å². The van der Waals surface area contributed by atoms with Gasteiger partial charge in [0.1, 0.15) is 18.1 Å². The lowest BCUT2D eigenvalue weighted by atomic mass is 10.2. The zero-order chi connectivity index (χ0) is 13.0. The van der Waals surface area contributed by atoms with Crippen LogP contribution >= 0.6 is 0 Å². The molecule has 7 heteroatoms. The van der Waals surface area contributed by atoms with Crippen molar-refractivity contribution < 1.29 is 9.66 Å². The van der Waals surface area contributed by atoms with Gasteiger partial charge >= 0.3 is 11.7 Å². The van der Waals surface area contributed by atoms with E-state index >= 15 is 0 Å². The Balaban J connectivity index is 2.21. The largest absolute Gasteiger partial charge is 0.424 e. The standard InChI is InChI=1S/C11H10N4O3/c12-5-8-3-1-2-4-10(8)18-11-13-6-9(7-14-11)15(16)17/h1-4,6-7H,5,12H2. The van der Waals surface area contributed by atoms with Crippen LogP contribution in [0.1, 0.15) is 5.56 Å². The normalized spacial score (nSPS) is 10.1. The van der Waals surface area contributed by atoms with Gasteiger partial charge in [0.2, 0.25) is 0 Å². The average molecular weight is 246 g/mol. The highest BCUT2D eigenvalue weighted by atomic mass is 16.6. The molecule has 0 bridgehead atoms. The van der Waals surface area contributed by atoms with Crippen molar-refractivity contribution in [3.63, 3.8) is 0 Å². The number of hydrogen-bond acceptors (Lipinski definition) is 6. The van der Waals surface area contributed by atoms with Crippen molar-refractivity contribution in [2.45, 2.75) is 6.54 Å². The first-order valence-corrected chi connectivity index (χ1v) is 5.13. The van der Waals surface area contributed by atoms with Crippen LogP contribution in [0.5, 0.6) is 11.8 Å². The maximum atomic E-state index is 10.4. The molecule has 1 aromatic carbocycles. The first-order chi connectivity index (χ1) is 8.70. The van der Waals surface area contributed by atoms with Gasteiger partial charge in [-0.2, -0.15) is 9.97 Å². The first-order valence-electron chi connectivity index (χ1n) is 5.13. The monoisotopic (exact) mass is 246 g/mol. The molecule has 0 spiro atoms. The van der Waals surface area contributed by atoms with Crippen molar-refractivity contribution in [1.82, 2.24) is 9.97 Å². The highest BCUT2D eigenvalue weighted by Gasteiger charge is 2.09. The fourth-order valence-corrected chi connectivity index (χ4v) is 1.33. The Morgan fingerprint density at radius 2 is 1.94 bits per heavy atom. The summed E-state index contributed by atoms with van der Waals surface area (Å²) in [6.45, 7) is 0.323. The summed E-state index contributed by atoms with van der Waals surface area (Å²) in [5.74, 6) is 0.536. The molecule has 0 aliphatic heterocycles. The molecule has 1 heterocycles. The predicted octanol–water partition coefficient (Wildman–Crippen LogP) is 1.64. The molecule has 1 aromatic heterocycles. The third-order valence-corrected chi connectivity index (χ3v) is 2.22. The summed E-state index contributed by atoms with van der Waals surface area (Å²) in [5, 5.41) is 10.4. The number of para-hydroxylation sites is 1. The smallest absolute Gasteiger partial charge is 0.322 e. The second kappa shape index (κ2) is 5.19. The number of nitro groups is 1. The Labute approximate surface area is 102 Å². The number of nitrogens with two attached hydrogens (primary N) is 1. The molecule has 7 nitrogen and oxygen atoms in total. The van der Waals surface area contributed by atoms with E-state index in [4.69, 9.17) is 10.5 Å². The van der Waals surface area contributed by atoms with Crippen molar-refractivity contribution in [2.75, 3.05) is 0 Å². The molecule has 92 valence electrons.